The van der Waals surface area contributed by atoms with Gasteiger partial charge in [-0.05, 0) is 23.8 Å². The first-order chi connectivity index (χ1) is 9.19. The van der Waals surface area contributed by atoms with Gasteiger partial charge < -0.3 is 11.1 Å². The zero-order chi connectivity index (χ0) is 13.4. The predicted molar refractivity (Wildman–Crippen MR) is 73.3 cm³/mol. The molecule has 6 nitrogen and oxygen atoms in total. The Morgan fingerprint density at radius 3 is 2.95 bits per heavy atom. The lowest BCUT2D eigenvalue weighted by atomic mass is 10.1. The molecule has 0 saturated carbocycles. The van der Waals surface area contributed by atoms with Gasteiger partial charge in [0.2, 0.25) is 5.91 Å². The quantitative estimate of drug-likeness (QED) is 0.791. The highest BCUT2D eigenvalue weighted by atomic mass is 16.2. The Morgan fingerprint density at radius 1 is 1.32 bits per heavy atom. The Labute approximate surface area is 110 Å². The Kier molecular flexibility index (Phi) is 2.56. The van der Waals surface area contributed by atoms with E-state index in [1.165, 1.54) is 6.33 Å². The molecule has 0 atom stereocenters. The van der Waals surface area contributed by atoms with E-state index in [-0.39, 0.29) is 5.91 Å². The van der Waals surface area contributed by atoms with Gasteiger partial charge in [0.05, 0.1) is 12.1 Å². The van der Waals surface area contributed by atoms with Gasteiger partial charge in [0.25, 0.3) is 0 Å². The fourth-order valence-corrected chi connectivity index (χ4v) is 2.20. The summed E-state index contributed by atoms with van der Waals surface area (Å²) in [7, 11) is 1.77. The van der Waals surface area contributed by atoms with Crippen molar-refractivity contribution in [2.75, 3.05) is 23.0 Å². The van der Waals surface area contributed by atoms with Crippen molar-refractivity contribution in [3.63, 3.8) is 0 Å². The molecule has 1 amide bonds. The molecule has 2 aromatic rings. The van der Waals surface area contributed by atoms with Gasteiger partial charge in [-0.25, -0.2) is 9.97 Å². The van der Waals surface area contributed by atoms with Gasteiger partial charge in [0.15, 0.2) is 0 Å². The van der Waals surface area contributed by atoms with Gasteiger partial charge >= 0.3 is 0 Å². The lowest BCUT2D eigenvalue weighted by Crippen LogP contribution is -2.22. The van der Waals surface area contributed by atoms with Crippen LogP contribution in [0.4, 0.5) is 23.0 Å². The van der Waals surface area contributed by atoms with Crippen molar-refractivity contribution in [3.8, 4) is 0 Å². The number of carbonyl (C=O) groups excluding carboxylic acids is 1. The Bertz CT molecular complexity index is 655. The van der Waals surface area contributed by atoms with Crippen LogP contribution in [0, 0.1) is 0 Å². The first kappa shape index (κ1) is 11.5. The average molecular weight is 255 g/mol. The van der Waals surface area contributed by atoms with Gasteiger partial charge in [0, 0.05) is 18.8 Å². The molecule has 2 heterocycles. The third kappa shape index (κ3) is 1.87. The van der Waals surface area contributed by atoms with E-state index in [0.717, 1.165) is 11.3 Å². The standard InChI is InChI=1S/C13H13N5O/c1-15-11-6-12(17-7-16-11)18-10-3-2-9(14)4-8(10)5-13(18)19/h2-4,6-7H,5,14H2,1H3,(H,15,16,17). The molecular formula is C13H13N5O. The van der Waals surface area contributed by atoms with Gasteiger partial charge in [-0.3, -0.25) is 9.69 Å². The lowest BCUT2D eigenvalue weighted by Gasteiger charge is -2.16. The molecule has 1 aliphatic heterocycles. The van der Waals surface area contributed by atoms with Crippen LogP contribution >= 0.6 is 0 Å². The Hall–Kier alpha value is -2.63. The molecule has 96 valence electrons. The minimum atomic E-state index is -0.0126. The van der Waals surface area contributed by atoms with E-state index in [1.807, 2.05) is 12.1 Å². The van der Waals surface area contributed by atoms with E-state index in [0.29, 0.717) is 23.7 Å². The third-order valence-electron chi connectivity index (χ3n) is 3.07. The van der Waals surface area contributed by atoms with Crippen molar-refractivity contribution in [1.29, 1.82) is 0 Å². The molecule has 0 radical (unpaired) electrons. The maximum atomic E-state index is 12.1. The number of nitrogens with zero attached hydrogens (tertiary/aromatic N) is 3. The smallest absolute Gasteiger partial charge is 0.237 e. The highest BCUT2D eigenvalue weighted by Gasteiger charge is 2.29. The van der Waals surface area contributed by atoms with E-state index in [9.17, 15) is 4.79 Å². The second-order valence-electron chi connectivity index (χ2n) is 4.31. The summed E-state index contributed by atoms with van der Waals surface area (Å²) in [6.07, 6.45) is 1.78. The van der Waals surface area contributed by atoms with E-state index in [2.05, 4.69) is 15.3 Å². The van der Waals surface area contributed by atoms with E-state index in [1.54, 1.807) is 24.1 Å². The summed E-state index contributed by atoms with van der Waals surface area (Å²) in [5, 5.41) is 2.93. The molecule has 0 aliphatic carbocycles. The molecule has 6 heteroatoms. The number of anilines is 4. The predicted octanol–water partition coefficient (Wildman–Crippen LogP) is 1.32. The molecule has 0 spiro atoms. The van der Waals surface area contributed by atoms with Crippen LogP contribution in [0.2, 0.25) is 0 Å². The van der Waals surface area contributed by atoms with Crippen LogP contribution in [-0.4, -0.2) is 22.9 Å². The van der Waals surface area contributed by atoms with Crippen molar-refractivity contribution in [1.82, 2.24) is 9.97 Å². The van der Waals surface area contributed by atoms with Crippen molar-refractivity contribution in [2.24, 2.45) is 0 Å². The van der Waals surface area contributed by atoms with Gasteiger partial charge in [0.1, 0.15) is 18.0 Å². The topological polar surface area (TPSA) is 84.1 Å². The van der Waals surface area contributed by atoms with Gasteiger partial charge in [-0.2, -0.15) is 0 Å². The van der Waals surface area contributed by atoms with Crippen LogP contribution in [0.15, 0.2) is 30.6 Å². The maximum absolute atomic E-state index is 12.1. The largest absolute Gasteiger partial charge is 0.399 e. The fourth-order valence-electron chi connectivity index (χ4n) is 2.20. The maximum Gasteiger partial charge on any atom is 0.237 e. The number of rotatable bonds is 2. The molecule has 1 aromatic heterocycles. The Balaban J connectivity index is 2.08. The van der Waals surface area contributed by atoms with Crippen molar-refractivity contribution < 1.29 is 4.79 Å². The van der Waals surface area contributed by atoms with E-state index < -0.39 is 0 Å². The normalized spacial score (nSPS) is 13.5. The summed E-state index contributed by atoms with van der Waals surface area (Å²) in [6, 6.07) is 7.19. The van der Waals surface area contributed by atoms with E-state index >= 15 is 0 Å². The summed E-state index contributed by atoms with van der Waals surface area (Å²) >= 11 is 0. The number of nitrogen functional groups attached to an aromatic ring is 1. The van der Waals surface area contributed by atoms with Crippen LogP contribution in [0.25, 0.3) is 0 Å². The minimum Gasteiger partial charge on any atom is -0.399 e. The number of nitrogens with two attached hydrogens (primary N) is 1. The van der Waals surface area contributed by atoms with Crippen molar-refractivity contribution in [2.45, 2.75) is 6.42 Å². The summed E-state index contributed by atoms with van der Waals surface area (Å²) in [4.78, 5) is 21.9. The van der Waals surface area contributed by atoms with Gasteiger partial charge in [-0.1, -0.05) is 0 Å². The number of carbonyl (C=O) groups is 1. The molecule has 1 aromatic carbocycles. The molecule has 3 N–H and O–H groups in total. The monoisotopic (exact) mass is 255 g/mol. The summed E-state index contributed by atoms with van der Waals surface area (Å²) in [6.45, 7) is 0. The molecule has 0 saturated heterocycles. The molecule has 1 aliphatic rings. The first-order valence-electron chi connectivity index (χ1n) is 5.90. The molecule has 3 rings (SSSR count). The highest BCUT2D eigenvalue weighted by Crippen LogP contribution is 2.35. The van der Waals surface area contributed by atoms with Crippen LogP contribution in [0.5, 0.6) is 0 Å². The lowest BCUT2D eigenvalue weighted by molar-refractivity contribution is -0.116. The number of fused-ring (bicyclic) bond motifs is 1. The second-order valence-corrected chi connectivity index (χ2v) is 4.31. The fraction of sp³-hybridized carbons (Fsp3) is 0.154. The molecular weight excluding hydrogens is 242 g/mol. The van der Waals surface area contributed by atoms with Crippen LogP contribution < -0.4 is 16.0 Å². The molecule has 0 bridgehead atoms. The van der Waals surface area contributed by atoms with Gasteiger partial charge in [-0.15, -0.1) is 0 Å². The number of hydrogen-bond acceptors (Lipinski definition) is 5. The van der Waals surface area contributed by atoms with Crippen LogP contribution in [-0.2, 0) is 11.2 Å². The Morgan fingerprint density at radius 2 is 2.16 bits per heavy atom. The molecule has 0 unspecified atom stereocenters. The number of hydrogen-bond donors (Lipinski definition) is 2. The zero-order valence-corrected chi connectivity index (χ0v) is 10.4. The molecule has 19 heavy (non-hydrogen) atoms. The molecule has 0 fully saturated rings. The summed E-state index contributed by atoms with van der Waals surface area (Å²) in [5.74, 6) is 1.22. The minimum absolute atomic E-state index is 0.0126. The van der Waals surface area contributed by atoms with Crippen molar-refractivity contribution >= 4 is 28.9 Å². The number of benzene rings is 1. The highest BCUT2D eigenvalue weighted by molar-refractivity contribution is 6.07. The number of amides is 1. The van der Waals surface area contributed by atoms with Crippen LogP contribution in [0.3, 0.4) is 0 Å². The zero-order valence-electron chi connectivity index (χ0n) is 10.4. The van der Waals surface area contributed by atoms with Crippen LogP contribution in [0.1, 0.15) is 5.56 Å². The number of aromatic nitrogens is 2. The second kappa shape index (κ2) is 4.24. The summed E-state index contributed by atoms with van der Waals surface area (Å²) < 4.78 is 0. The van der Waals surface area contributed by atoms with Crippen molar-refractivity contribution in [3.05, 3.63) is 36.2 Å². The average Bonchev–Trinajstić information content (AvgIpc) is 2.73. The summed E-state index contributed by atoms with van der Waals surface area (Å²) in [5.41, 5.74) is 8.16. The number of nitrogens with one attached hydrogen (secondary N) is 1. The van der Waals surface area contributed by atoms with E-state index in [4.69, 9.17) is 5.73 Å². The third-order valence-corrected chi connectivity index (χ3v) is 3.07. The first-order valence-corrected chi connectivity index (χ1v) is 5.90. The SMILES string of the molecule is CNc1cc(N2C(=O)Cc3cc(N)ccc32)ncn1.